The molecule has 1 aromatic heterocycles. The van der Waals surface area contributed by atoms with E-state index in [0.717, 1.165) is 28.7 Å². The van der Waals surface area contributed by atoms with Crippen LogP contribution in [-0.4, -0.2) is 39.1 Å². The minimum absolute atomic E-state index is 0.00861. The highest BCUT2D eigenvalue weighted by Crippen LogP contribution is 2.32. The van der Waals surface area contributed by atoms with Gasteiger partial charge in [0.25, 0.3) is 5.91 Å². The smallest absolute Gasteiger partial charge is 0.258 e. The second kappa shape index (κ2) is 7.91. The summed E-state index contributed by atoms with van der Waals surface area (Å²) in [5.74, 6) is 0.638. The number of benzene rings is 2. The molecule has 0 radical (unpaired) electrons. The van der Waals surface area contributed by atoms with Gasteiger partial charge in [0.15, 0.2) is 0 Å². The predicted octanol–water partition coefficient (Wildman–Crippen LogP) is 2.90. The van der Waals surface area contributed by atoms with E-state index in [1.54, 1.807) is 4.68 Å². The van der Waals surface area contributed by atoms with E-state index in [1.807, 2.05) is 42.5 Å². The molecule has 0 spiro atoms. The third kappa shape index (κ3) is 3.91. The van der Waals surface area contributed by atoms with E-state index < -0.39 is 0 Å². The first-order chi connectivity index (χ1) is 15.1. The van der Waals surface area contributed by atoms with Crippen molar-refractivity contribution in [3.63, 3.8) is 0 Å². The second-order valence-electron chi connectivity index (χ2n) is 8.17. The molecule has 1 saturated heterocycles. The molecule has 0 saturated carbocycles. The maximum absolute atomic E-state index is 13.1. The van der Waals surface area contributed by atoms with Gasteiger partial charge in [-0.1, -0.05) is 36.4 Å². The van der Waals surface area contributed by atoms with E-state index in [2.05, 4.69) is 34.7 Å². The first-order valence-electron chi connectivity index (χ1n) is 10.5. The van der Waals surface area contributed by atoms with Crippen molar-refractivity contribution < 1.29 is 14.3 Å². The zero-order valence-electron chi connectivity index (χ0n) is 17.4. The van der Waals surface area contributed by atoms with Crippen LogP contribution in [0.1, 0.15) is 34.3 Å². The summed E-state index contributed by atoms with van der Waals surface area (Å²) in [6.45, 7) is 1.49. The number of ether oxygens (including phenoxy) is 1. The van der Waals surface area contributed by atoms with Gasteiger partial charge in [-0.15, -0.1) is 0 Å². The Kier molecular flexibility index (Phi) is 4.94. The monoisotopic (exact) mass is 416 g/mol. The molecule has 158 valence electrons. The van der Waals surface area contributed by atoms with E-state index in [0.29, 0.717) is 37.4 Å². The lowest BCUT2D eigenvalue weighted by Gasteiger charge is -2.16. The number of hydrogen-bond acceptors (Lipinski definition) is 4. The third-order valence-electron chi connectivity index (χ3n) is 5.87. The summed E-state index contributed by atoms with van der Waals surface area (Å²) in [7, 11) is 1.90. The number of fused-ring (bicyclic) bond motifs is 1. The zero-order chi connectivity index (χ0) is 21.4. The van der Waals surface area contributed by atoms with Crippen LogP contribution in [0.2, 0.25) is 0 Å². The summed E-state index contributed by atoms with van der Waals surface area (Å²) in [5, 5.41) is 7.11. The minimum Gasteiger partial charge on any atom is -0.491 e. The van der Waals surface area contributed by atoms with Crippen LogP contribution in [-0.2, 0) is 24.9 Å². The Balaban J connectivity index is 1.27. The number of aryl methyl sites for hydroxylation is 1. The van der Waals surface area contributed by atoms with Crippen molar-refractivity contribution in [3.05, 3.63) is 71.5 Å². The molecular weight excluding hydrogens is 392 g/mol. The van der Waals surface area contributed by atoms with Crippen LogP contribution in [0.15, 0.2) is 54.9 Å². The summed E-state index contributed by atoms with van der Waals surface area (Å²) < 4.78 is 7.73. The van der Waals surface area contributed by atoms with E-state index in [-0.39, 0.29) is 17.9 Å². The van der Waals surface area contributed by atoms with Crippen LogP contribution >= 0.6 is 0 Å². The molecule has 3 aromatic rings. The maximum atomic E-state index is 13.1. The fraction of sp³-hybridized carbons (Fsp3) is 0.292. The number of nitrogens with one attached hydrogen (secondary N) is 1. The fourth-order valence-corrected chi connectivity index (χ4v) is 4.22. The van der Waals surface area contributed by atoms with Gasteiger partial charge >= 0.3 is 0 Å². The number of rotatable bonds is 6. The van der Waals surface area contributed by atoms with Gasteiger partial charge < -0.3 is 15.0 Å². The van der Waals surface area contributed by atoms with Gasteiger partial charge in [0, 0.05) is 38.3 Å². The third-order valence-corrected chi connectivity index (χ3v) is 5.87. The molecule has 2 aromatic carbocycles. The van der Waals surface area contributed by atoms with Crippen molar-refractivity contribution in [2.45, 2.75) is 32.0 Å². The molecule has 1 atom stereocenters. The van der Waals surface area contributed by atoms with Gasteiger partial charge in [0.1, 0.15) is 12.4 Å². The van der Waals surface area contributed by atoms with Gasteiger partial charge in [0.05, 0.1) is 17.8 Å². The lowest BCUT2D eigenvalue weighted by Crippen LogP contribution is -2.31. The van der Waals surface area contributed by atoms with Crippen molar-refractivity contribution in [1.29, 1.82) is 0 Å². The molecule has 7 heteroatoms. The normalized spacial score (nSPS) is 17.7. The molecule has 0 aliphatic carbocycles. The van der Waals surface area contributed by atoms with Gasteiger partial charge in [-0.05, 0) is 29.2 Å². The Morgan fingerprint density at radius 2 is 1.97 bits per heavy atom. The van der Waals surface area contributed by atoms with E-state index >= 15 is 0 Å². The molecule has 7 nitrogen and oxygen atoms in total. The molecular formula is C24H24N4O3. The van der Waals surface area contributed by atoms with Crippen LogP contribution < -0.4 is 10.1 Å². The average Bonchev–Trinajstić information content (AvgIpc) is 3.47. The highest BCUT2D eigenvalue weighted by Gasteiger charge is 2.31. The van der Waals surface area contributed by atoms with Crippen LogP contribution in [0.5, 0.6) is 5.75 Å². The lowest BCUT2D eigenvalue weighted by molar-refractivity contribution is -0.119. The molecule has 31 heavy (non-hydrogen) atoms. The van der Waals surface area contributed by atoms with Crippen molar-refractivity contribution in [1.82, 2.24) is 20.0 Å². The molecule has 0 bridgehead atoms. The fourth-order valence-electron chi connectivity index (χ4n) is 4.22. The predicted molar refractivity (Wildman–Crippen MR) is 115 cm³/mol. The van der Waals surface area contributed by atoms with Crippen molar-refractivity contribution >= 4 is 11.8 Å². The van der Waals surface area contributed by atoms with Crippen LogP contribution in [0, 0.1) is 0 Å². The van der Waals surface area contributed by atoms with Gasteiger partial charge in [-0.3, -0.25) is 14.3 Å². The van der Waals surface area contributed by atoms with E-state index in [1.165, 1.54) is 0 Å². The Morgan fingerprint density at radius 3 is 2.68 bits per heavy atom. The summed E-state index contributed by atoms with van der Waals surface area (Å²) in [5.41, 5.74) is 4.86. The Labute approximate surface area is 180 Å². The lowest BCUT2D eigenvalue weighted by atomic mass is 10.1. The van der Waals surface area contributed by atoms with Crippen LogP contribution in [0.3, 0.4) is 0 Å². The second-order valence-corrected chi connectivity index (χ2v) is 8.17. The topological polar surface area (TPSA) is 76.5 Å². The van der Waals surface area contributed by atoms with Crippen molar-refractivity contribution in [2.24, 2.45) is 7.05 Å². The summed E-state index contributed by atoms with van der Waals surface area (Å²) in [6, 6.07) is 14.0. The van der Waals surface area contributed by atoms with Gasteiger partial charge in [-0.2, -0.15) is 5.10 Å². The SMILES string of the molecule is Cn1cc(-c2ccc(CN3Cc4cccc(OC[C@H]5CCC(=O)N5)c4C3=O)cc2)cn1. The number of amides is 2. The first kappa shape index (κ1) is 19.4. The van der Waals surface area contributed by atoms with Gasteiger partial charge in [-0.25, -0.2) is 0 Å². The molecule has 1 N–H and O–H groups in total. The van der Waals surface area contributed by atoms with E-state index in [9.17, 15) is 9.59 Å². The van der Waals surface area contributed by atoms with Crippen molar-refractivity contribution in [2.75, 3.05) is 6.61 Å². The Hall–Kier alpha value is -3.61. The minimum atomic E-state index is -0.0163. The maximum Gasteiger partial charge on any atom is 0.258 e. The molecule has 1 fully saturated rings. The average molecular weight is 416 g/mol. The number of carbonyl (C=O) groups excluding carboxylic acids is 2. The molecule has 3 heterocycles. The highest BCUT2D eigenvalue weighted by atomic mass is 16.5. The number of aromatic nitrogens is 2. The standard InChI is InChI=1S/C24H24N4O3/c1-27-13-19(11-25-27)17-7-5-16(6-8-17)12-28-14-18-3-2-4-21(23(18)24(28)30)31-15-20-9-10-22(29)26-20/h2-8,11,13,20H,9-10,12,14-15H2,1H3,(H,26,29)/t20-/m1/s1. The van der Waals surface area contributed by atoms with Gasteiger partial charge in [0.2, 0.25) is 5.91 Å². The van der Waals surface area contributed by atoms with Crippen molar-refractivity contribution in [3.8, 4) is 16.9 Å². The Morgan fingerprint density at radius 1 is 1.13 bits per heavy atom. The Bertz CT molecular complexity index is 1140. The molecule has 2 amide bonds. The molecule has 2 aliphatic rings. The van der Waals surface area contributed by atoms with E-state index in [4.69, 9.17) is 4.74 Å². The molecule has 5 rings (SSSR count). The summed E-state index contributed by atoms with van der Waals surface area (Å²) in [6.07, 6.45) is 5.12. The molecule has 2 aliphatic heterocycles. The zero-order valence-corrected chi connectivity index (χ0v) is 17.4. The largest absolute Gasteiger partial charge is 0.491 e. The number of carbonyl (C=O) groups is 2. The first-order valence-corrected chi connectivity index (χ1v) is 10.5. The molecule has 0 unspecified atom stereocenters. The summed E-state index contributed by atoms with van der Waals surface area (Å²) >= 11 is 0. The van der Waals surface area contributed by atoms with Crippen LogP contribution in [0.4, 0.5) is 0 Å². The summed E-state index contributed by atoms with van der Waals surface area (Å²) in [4.78, 5) is 26.4. The van der Waals surface area contributed by atoms with Crippen LogP contribution in [0.25, 0.3) is 11.1 Å². The quantitative estimate of drug-likeness (QED) is 0.670. The highest BCUT2D eigenvalue weighted by molar-refractivity contribution is 6.01. The number of hydrogen-bond donors (Lipinski definition) is 1. The number of nitrogens with zero attached hydrogens (tertiary/aromatic N) is 3.